The molecule has 1 fully saturated rings. The Kier molecular flexibility index (Phi) is 3.29. The fourth-order valence-corrected chi connectivity index (χ4v) is 1.85. The van der Waals surface area contributed by atoms with Gasteiger partial charge >= 0.3 is 0 Å². The Labute approximate surface area is 84.8 Å². The van der Waals surface area contributed by atoms with E-state index in [-0.39, 0.29) is 4.91 Å². The van der Waals surface area contributed by atoms with Gasteiger partial charge in [0, 0.05) is 6.54 Å². The van der Waals surface area contributed by atoms with Crippen molar-refractivity contribution in [2.24, 2.45) is 0 Å². The van der Waals surface area contributed by atoms with Gasteiger partial charge in [0.1, 0.15) is 0 Å². The van der Waals surface area contributed by atoms with Gasteiger partial charge in [-0.25, -0.2) is 0 Å². The quantitative estimate of drug-likeness (QED) is 0.604. The van der Waals surface area contributed by atoms with E-state index in [2.05, 4.69) is 0 Å². The number of carboxylic acids is 1. The summed E-state index contributed by atoms with van der Waals surface area (Å²) in [5.41, 5.74) is 0. The van der Waals surface area contributed by atoms with Crippen molar-refractivity contribution in [3.05, 3.63) is 11.0 Å². The van der Waals surface area contributed by atoms with Crippen molar-refractivity contribution in [3.63, 3.8) is 0 Å². The zero-order valence-electron chi connectivity index (χ0n) is 7.48. The number of thioether (sulfide) groups is 1. The zero-order valence-corrected chi connectivity index (χ0v) is 8.30. The molecular weight excluding hydrogens is 206 g/mol. The maximum atomic E-state index is 11.4. The third-order valence-corrected chi connectivity index (χ3v) is 2.48. The van der Waals surface area contributed by atoms with E-state index in [1.807, 2.05) is 6.92 Å². The van der Waals surface area contributed by atoms with E-state index in [4.69, 9.17) is 0 Å². The first-order valence-corrected chi connectivity index (χ1v) is 4.84. The van der Waals surface area contributed by atoms with Gasteiger partial charge in [-0.2, -0.15) is 0 Å². The van der Waals surface area contributed by atoms with Gasteiger partial charge in [0.15, 0.2) is 0 Å². The summed E-state index contributed by atoms with van der Waals surface area (Å²) >= 11 is 0.628. The van der Waals surface area contributed by atoms with Crippen molar-refractivity contribution in [2.75, 3.05) is 6.54 Å². The fourth-order valence-electron chi connectivity index (χ4n) is 1.02. The summed E-state index contributed by atoms with van der Waals surface area (Å²) in [7, 11) is 0. The number of carbonyl (C=O) groups excluding carboxylic acids is 3. The Morgan fingerprint density at radius 2 is 2.21 bits per heavy atom. The van der Waals surface area contributed by atoms with E-state index in [0.717, 1.165) is 4.90 Å². The van der Waals surface area contributed by atoms with Crippen molar-refractivity contribution in [3.8, 4) is 0 Å². The predicted molar refractivity (Wildman–Crippen MR) is 48.1 cm³/mol. The van der Waals surface area contributed by atoms with Gasteiger partial charge in [0.2, 0.25) is 0 Å². The molecule has 1 heterocycles. The molecule has 0 spiro atoms. The van der Waals surface area contributed by atoms with Gasteiger partial charge in [0.25, 0.3) is 11.1 Å². The van der Waals surface area contributed by atoms with Crippen LogP contribution in [0.15, 0.2) is 11.0 Å². The smallest absolute Gasteiger partial charge is 0.293 e. The van der Waals surface area contributed by atoms with E-state index >= 15 is 0 Å². The molecule has 0 radical (unpaired) electrons. The fraction of sp³-hybridized carbons (Fsp3) is 0.375. The van der Waals surface area contributed by atoms with Crippen LogP contribution in [0, 0.1) is 0 Å². The van der Waals surface area contributed by atoms with Crippen LogP contribution >= 0.6 is 11.8 Å². The number of amides is 2. The van der Waals surface area contributed by atoms with Gasteiger partial charge < -0.3 is 9.90 Å². The minimum atomic E-state index is -1.47. The lowest BCUT2D eigenvalue weighted by molar-refractivity contribution is -0.297. The number of rotatable bonds is 3. The van der Waals surface area contributed by atoms with Crippen LogP contribution in [-0.4, -0.2) is 28.6 Å². The highest BCUT2D eigenvalue weighted by Gasteiger charge is 2.33. The largest absolute Gasteiger partial charge is 0.545 e. The SMILES string of the molecule is CCCN1C(=O)SC(=CC(=O)[O-])C1=O. The Morgan fingerprint density at radius 3 is 2.71 bits per heavy atom. The average Bonchev–Trinajstić information content (AvgIpc) is 2.32. The molecule has 1 saturated heterocycles. The maximum absolute atomic E-state index is 11.4. The monoisotopic (exact) mass is 214 g/mol. The minimum absolute atomic E-state index is 0.0801. The lowest BCUT2D eigenvalue weighted by Crippen LogP contribution is -2.29. The Hall–Kier alpha value is -1.30. The van der Waals surface area contributed by atoms with Crippen molar-refractivity contribution >= 4 is 28.9 Å². The van der Waals surface area contributed by atoms with Crippen molar-refractivity contribution < 1.29 is 19.5 Å². The molecule has 0 aliphatic carbocycles. The van der Waals surface area contributed by atoms with E-state index < -0.39 is 17.1 Å². The van der Waals surface area contributed by atoms with E-state index in [1.165, 1.54) is 0 Å². The second kappa shape index (κ2) is 4.28. The average molecular weight is 214 g/mol. The summed E-state index contributed by atoms with van der Waals surface area (Å²) in [6.45, 7) is 2.14. The summed E-state index contributed by atoms with van der Waals surface area (Å²) in [5, 5.41) is 9.76. The molecule has 5 nitrogen and oxygen atoms in total. The van der Waals surface area contributed by atoms with Gasteiger partial charge in [-0.05, 0) is 24.3 Å². The summed E-state index contributed by atoms with van der Waals surface area (Å²) < 4.78 is 0. The van der Waals surface area contributed by atoms with Crippen molar-refractivity contribution in [2.45, 2.75) is 13.3 Å². The molecule has 0 unspecified atom stereocenters. The summed E-state index contributed by atoms with van der Waals surface area (Å²) in [5.74, 6) is -2.02. The lowest BCUT2D eigenvalue weighted by atomic mass is 10.4. The Balaban J connectivity index is 2.84. The Bertz CT molecular complexity index is 323. The number of aliphatic carboxylic acids is 1. The van der Waals surface area contributed by atoms with Gasteiger partial charge in [0.05, 0.1) is 10.9 Å². The molecule has 0 atom stereocenters. The molecule has 0 N–H and O–H groups in total. The summed E-state index contributed by atoms with van der Waals surface area (Å²) in [6, 6.07) is 0. The molecule has 0 aromatic carbocycles. The number of carbonyl (C=O) groups is 3. The van der Waals surface area contributed by atoms with Crippen LogP contribution in [0.3, 0.4) is 0 Å². The molecule has 0 aromatic rings. The van der Waals surface area contributed by atoms with Crippen LogP contribution in [0.25, 0.3) is 0 Å². The van der Waals surface area contributed by atoms with Crippen LogP contribution in [0.5, 0.6) is 0 Å². The topological polar surface area (TPSA) is 77.5 Å². The third kappa shape index (κ3) is 2.14. The Morgan fingerprint density at radius 1 is 1.57 bits per heavy atom. The second-order valence-electron chi connectivity index (χ2n) is 2.65. The van der Waals surface area contributed by atoms with Crippen molar-refractivity contribution in [1.29, 1.82) is 0 Å². The molecule has 14 heavy (non-hydrogen) atoms. The standard InChI is InChI=1S/C8H9NO4S/c1-2-3-9-7(12)5(4-6(10)11)14-8(9)13/h4H,2-3H2,1H3,(H,10,11)/p-1. The van der Waals surface area contributed by atoms with Crippen LogP contribution in [0.1, 0.15) is 13.3 Å². The molecule has 1 rings (SSSR count). The van der Waals surface area contributed by atoms with E-state index in [1.54, 1.807) is 0 Å². The number of nitrogens with zero attached hydrogens (tertiary/aromatic N) is 1. The molecule has 76 valence electrons. The van der Waals surface area contributed by atoms with Crippen LogP contribution in [-0.2, 0) is 9.59 Å². The van der Waals surface area contributed by atoms with Crippen molar-refractivity contribution in [1.82, 2.24) is 4.90 Å². The lowest BCUT2D eigenvalue weighted by Gasteiger charge is -2.09. The predicted octanol–water partition coefficient (Wildman–Crippen LogP) is -0.274. The highest BCUT2D eigenvalue weighted by Crippen LogP contribution is 2.30. The number of hydrogen-bond donors (Lipinski definition) is 0. The normalized spacial score (nSPS) is 19.5. The number of carboxylic acid groups (broad SMARTS) is 1. The number of hydrogen-bond acceptors (Lipinski definition) is 5. The highest BCUT2D eigenvalue weighted by molar-refractivity contribution is 8.18. The molecule has 0 bridgehead atoms. The molecule has 6 heteroatoms. The van der Waals surface area contributed by atoms with Crippen LogP contribution in [0.4, 0.5) is 4.79 Å². The third-order valence-electron chi connectivity index (χ3n) is 1.57. The first kappa shape index (κ1) is 10.8. The summed E-state index contributed by atoms with van der Waals surface area (Å²) in [4.78, 5) is 33.7. The van der Waals surface area contributed by atoms with Crippen LogP contribution < -0.4 is 5.11 Å². The molecular formula is C8H8NO4S-. The van der Waals surface area contributed by atoms with Gasteiger partial charge in [-0.3, -0.25) is 14.5 Å². The second-order valence-corrected chi connectivity index (χ2v) is 3.65. The molecule has 0 saturated carbocycles. The van der Waals surface area contributed by atoms with E-state index in [9.17, 15) is 19.5 Å². The zero-order chi connectivity index (χ0) is 10.7. The van der Waals surface area contributed by atoms with E-state index in [0.29, 0.717) is 30.8 Å². The van der Waals surface area contributed by atoms with Gasteiger partial charge in [-0.15, -0.1) is 0 Å². The first-order valence-electron chi connectivity index (χ1n) is 4.02. The summed E-state index contributed by atoms with van der Waals surface area (Å²) in [6.07, 6.45) is 1.30. The molecule has 1 aliphatic rings. The minimum Gasteiger partial charge on any atom is -0.545 e. The van der Waals surface area contributed by atoms with Gasteiger partial charge in [-0.1, -0.05) is 6.92 Å². The maximum Gasteiger partial charge on any atom is 0.293 e. The molecule has 1 aliphatic heterocycles. The highest BCUT2D eigenvalue weighted by atomic mass is 32.2. The number of imide groups is 1. The van der Waals surface area contributed by atoms with Crippen LogP contribution in [0.2, 0.25) is 0 Å². The first-order chi connectivity index (χ1) is 6.56. The molecule has 2 amide bonds. The molecule has 0 aromatic heterocycles.